The zero-order valence-electron chi connectivity index (χ0n) is 18.7. The molecule has 0 aromatic carbocycles. The molecular formula is C21H40N4O4. The minimum Gasteiger partial charge on any atom is -0.378 e. The second-order valence-corrected chi connectivity index (χ2v) is 7.75. The Balaban J connectivity index is 1.92. The first-order valence-corrected chi connectivity index (χ1v) is 10.9. The van der Waals surface area contributed by atoms with Crippen LogP contribution in [-0.4, -0.2) is 73.0 Å². The van der Waals surface area contributed by atoms with Gasteiger partial charge in [-0.3, -0.25) is 4.79 Å². The van der Waals surface area contributed by atoms with Crippen LogP contribution < -0.4 is 5.32 Å². The number of hydrogen-bond donors (Lipinski definition) is 1. The van der Waals surface area contributed by atoms with Crippen LogP contribution in [0.25, 0.3) is 0 Å². The predicted molar refractivity (Wildman–Crippen MR) is 113 cm³/mol. The standard InChI is InChI=1S/C21H40N4O4/c1-18(2)21(26)8-6-5-7-20-17-25(24-23-20)10-12-28-14-16-29-15-13-27-11-9-22-19(3)4/h17-19,22H,5-16H2,1-4H3. The van der Waals surface area contributed by atoms with Crippen molar-refractivity contribution in [3.05, 3.63) is 11.9 Å². The maximum absolute atomic E-state index is 11.6. The number of nitrogens with zero attached hydrogens (tertiary/aromatic N) is 3. The summed E-state index contributed by atoms with van der Waals surface area (Å²) in [6.07, 6.45) is 5.34. The van der Waals surface area contributed by atoms with Gasteiger partial charge >= 0.3 is 0 Å². The first-order chi connectivity index (χ1) is 14.0. The average Bonchev–Trinajstić information content (AvgIpc) is 3.13. The van der Waals surface area contributed by atoms with Crippen LogP contribution in [0.4, 0.5) is 0 Å². The lowest BCUT2D eigenvalue weighted by atomic mass is 10.0. The Labute approximate surface area is 175 Å². The van der Waals surface area contributed by atoms with Crippen LogP contribution in [0.15, 0.2) is 6.20 Å². The number of hydrogen-bond acceptors (Lipinski definition) is 7. The third-order valence-corrected chi connectivity index (χ3v) is 4.34. The molecule has 1 rings (SSSR count). The second kappa shape index (κ2) is 16.4. The van der Waals surface area contributed by atoms with Gasteiger partial charge in [0.1, 0.15) is 5.78 Å². The molecule has 0 fully saturated rings. The van der Waals surface area contributed by atoms with Crippen LogP contribution in [0.5, 0.6) is 0 Å². The van der Waals surface area contributed by atoms with E-state index in [0.717, 1.165) is 31.5 Å². The Hall–Kier alpha value is -1.35. The van der Waals surface area contributed by atoms with E-state index >= 15 is 0 Å². The highest BCUT2D eigenvalue weighted by Gasteiger charge is 2.07. The largest absolute Gasteiger partial charge is 0.378 e. The number of aryl methyl sites for hydroxylation is 1. The van der Waals surface area contributed by atoms with Crippen LogP contribution in [-0.2, 0) is 32.0 Å². The molecule has 0 radical (unpaired) electrons. The van der Waals surface area contributed by atoms with E-state index in [1.165, 1.54) is 0 Å². The molecule has 0 unspecified atom stereocenters. The molecule has 0 bridgehead atoms. The van der Waals surface area contributed by atoms with Gasteiger partial charge in [0.05, 0.1) is 51.9 Å². The summed E-state index contributed by atoms with van der Waals surface area (Å²) in [5, 5.41) is 11.6. The quantitative estimate of drug-likeness (QED) is 0.349. The van der Waals surface area contributed by atoms with Crippen molar-refractivity contribution in [3.63, 3.8) is 0 Å². The highest BCUT2D eigenvalue weighted by Crippen LogP contribution is 2.07. The van der Waals surface area contributed by atoms with Crippen LogP contribution in [0.1, 0.15) is 52.7 Å². The van der Waals surface area contributed by atoms with Crippen LogP contribution >= 0.6 is 0 Å². The summed E-state index contributed by atoms with van der Waals surface area (Å²) in [5.74, 6) is 0.466. The first-order valence-electron chi connectivity index (χ1n) is 10.9. The molecule has 8 heteroatoms. The first kappa shape index (κ1) is 25.7. The molecule has 168 valence electrons. The number of ether oxygens (including phenoxy) is 3. The number of Topliss-reactive ketones (excluding diaryl/α,β-unsaturated/α-hetero) is 1. The second-order valence-electron chi connectivity index (χ2n) is 7.75. The SMILES string of the molecule is CC(C)NCCOCCOCCOCCn1cc(CCCCC(=O)C(C)C)nn1. The van der Waals surface area contributed by atoms with Crippen molar-refractivity contribution in [1.82, 2.24) is 20.3 Å². The molecule has 0 saturated carbocycles. The van der Waals surface area contributed by atoms with Gasteiger partial charge in [-0.1, -0.05) is 32.9 Å². The van der Waals surface area contributed by atoms with Gasteiger partial charge in [-0.05, 0) is 19.3 Å². The number of carbonyl (C=O) groups is 1. The molecule has 29 heavy (non-hydrogen) atoms. The number of nitrogens with one attached hydrogen (secondary N) is 1. The van der Waals surface area contributed by atoms with Crippen LogP contribution in [0, 0.1) is 5.92 Å². The third kappa shape index (κ3) is 14.3. The van der Waals surface area contributed by atoms with Gasteiger partial charge < -0.3 is 19.5 Å². The summed E-state index contributed by atoms with van der Waals surface area (Å²) in [6.45, 7) is 13.2. The van der Waals surface area contributed by atoms with Gasteiger partial charge in [-0.2, -0.15) is 0 Å². The highest BCUT2D eigenvalue weighted by molar-refractivity contribution is 5.80. The molecule has 1 aromatic heterocycles. The summed E-state index contributed by atoms with van der Waals surface area (Å²) < 4.78 is 18.3. The summed E-state index contributed by atoms with van der Waals surface area (Å²) in [4.78, 5) is 11.6. The molecule has 0 saturated heterocycles. The van der Waals surface area contributed by atoms with E-state index < -0.39 is 0 Å². The van der Waals surface area contributed by atoms with E-state index in [-0.39, 0.29) is 5.92 Å². The lowest BCUT2D eigenvalue weighted by molar-refractivity contribution is -0.122. The van der Waals surface area contributed by atoms with E-state index in [1.807, 2.05) is 20.0 Å². The van der Waals surface area contributed by atoms with Gasteiger partial charge in [0, 0.05) is 31.1 Å². The molecule has 1 aromatic rings. The molecule has 0 aliphatic rings. The monoisotopic (exact) mass is 412 g/mol. The summed E-state index contributed by atoms with van der Waals surface area (Å²) in [6, 6.07) is 0.489. The van der Waals surface area contributed by atoms with E-state index in [9.17, 15) is 4.79 Å². The normalized spacial score (nSPS) is 11.7. The highest BCUT2D eigenvalue weighted by atomic mass is 16.5. The average molecular weight is 413 g/mol. The summed E-state index contributed by atoms with van der Waals surface area (Å²) in [5.41, 5.74) is 0.967. The van der Waals surface area contributed by atoms with E-state index in [0.29, 0.717) is 64.4 Å². The maximum atomic E-state index is 11.6. The maximum Gasteiger partial charge on any atom is 0.135 e. The molecule has 0 spiro atoms. The topological polar surface area (TPSA) is 87.5 Å². The van der Waals surface area contributed by atoms with E-state index in [1.54, 1.807) is 4.68 Å². The number of carbonyl (C=O) groups excluding carboxylic acids is 1. The van der Waals surface area contributed by atoms with E-state index in [4.69, 9.17) is 14.2 Å². The van der Waals surface area contributed by atoms with Crippen LogP contribution in [0.2, 0.25) is 0 Å². The number of ketones is 1. The van der Waals surface area contributed by atoms with Crippen molar-refractivity contribution in [1.29, 1.82) is 0 Å². The van der Waals surface area contributed by atoms with E-state index in [2.05, 4.69) is 29.5 Å². The molecule has 8 nitrogen and oxygen atoms in total. The van der Waals surface area contributed by atoms with Crippen molar-refractivity contribution < 1.29 is 19.0 Å². The minimum absolute atomic E-state index is 0.131. The Morgan fingerprint density at radius 1 is 1.00 bits per heavy atom. The van der Waals surface area contributed by atoms with Gasteiger partial charge in [0.2, 0.25) is 0 Å². The summed E-state index contributed by atoms with van der Waals surface area (Å²) >= 11 is 0. The Bertz CT molecular complexity index is 535. The third-order valence-electron chi connectivity index (χ3n) is 4.34. The smallest absolute Gasteiger partial charge is 0.135 e. The minimum atomic E-state index is 0.131. The zero-order valence-corrected chi connectivity index (χ0v) is 18.7. The van der Waals surface area contributed by atoms with Gasteiger partial charge in [-0.25, -0.2) is 4.68 Å². The molecule has 1 heterocycles. The molecule has 0 aliphatic carbocycles. The van der Waals surface area contributed by atoms with Crippen molar-refractivity contribution in [3.8, 4) is 0 Å². The fourth-order valence-electron chi connectivity index (χ4n) is 2.58. The lowest BCUT2D eigenvalue weighted by Gasteiger charge is -2.09. The Morgan fingerprint density at radius 3 is 2.31 bits per heavy atom. The van der Waals surface area contributed by atoms with Crippen molar-refractivity contribution in [2.45, 2.75) is 66.0 Å². The van der Waals surface area contributed by atoms with Gasteiger partial charge in [0.25, 0.3) is 0 Å². The number of aromatic nitrogens is 3. The number of rotatable bonds is 19. The molecular weight excluding hydrogens is 372 g/mol. The van der Waals surface area contributed by atoms with Crippen LogP contribution in [0.3, 0.4) is 0 Å². The molecule has 1 N–H and O–H groups in total. The molecule has 0 atom stereocenters. The van der Waals surface area contributed by atoms with Crippen molar-refractivity contribution in [2.75, 3.05) is 46.2 Å². The van der Waals surface area contributed by atoms with Gasteiger partial charge in [0.15, 0.2) is 0 Å². The lowest BCUT2D eigenvalue weighted by Crippen LogP contribution is -2.27. The predicted octanol–water partition coefficient (Wildman–Crippen LogP) is 2.26. The Kier molecular flexibility index (Phi) is 14.6. The zero-order chi connectivity index (χ0) is 21.3. The summed E-state index contributed by atoms with van der Waals surface area (Å²) in [7, 11) is 0. The number of unbranched alkanes of at least 4 members (excludes halogenated alkanes) is 1. The van der Waals surface area contributed by atoms with Crippen molar-refractivity contribution in [2.24, 2.45) is 5.92 Å². The Morgan fingerprint density at radius 2 is 1.66 bits per heavy atom. The fraction of sp³-hybridized carbons (Fsp3) is 0.857. The van der Waals surface area contributed by atoms with Gasteiger partial charge in [-0.15, -0.1) is 5.10 Å². The molecule has 0 amide bonds. The fourth-order valence-corrected chi connectivity index (χ4v) is 2.58. The van der Waals surface area contributed by atoms with Crippen molar-refractivity contribution >= 4 is 5.78 Å². The molecule has 0 aliphatic heterocycles.